The zero-order valence-electron chi connectivity index (χ0n) is 9.78. The van der Waals surface area contributed by atoms with Gasteiger partial charge in [-0.2, -0.15) is 0 Å². The van der Waals surface area contributed by atoms with Crippen molar-refractivity contribution in [3.05, 3.63) is 23.9 Å². The molecule has 2 heterocycles. The van der Waals surface area contributed by atoms with Gasteiger partial charge in [0.1, 0.15) is 11.6 Å². The lowest BCUT2D eigenvalue weighted by atomic mass is 10.1. The molecular formula is C13H18N2O. The van der Waals surface area contributed by atoms with Crippen molar-refractivity contribution in [3.8, 4) is 0 Å². The van der Waals surface area contributed by atoms with Crippen LogP contribution in [0.5, 0.6) is 0 Å². The largest absolute Gasteiger partial charge is 0.357 e. The number of pyridine rings is 1. The van der Waals surface area contributed by atoms with Gasteiger partial charge in [0.25, 0.3) is 0 Å². The molecule has 0 unspecified atom stereocenters. The third-order valence-corrected chi connectivity index (χ3v) is 2.94. The minimum Gasteiger partial charge on any atom is -0.357 e. The third-order valence-electron chi connectivity index (χ3n) is 2.94. The minimum atomic E-state index is 0.188. The van der Waals surface area contributed by atoms with E-state index in [0.717, 1.165) is 24.5 Å². The minimum absolute atomic E-state index is 0.188. The molecule has 0 radical (unpaired) electrons. The summed E-state index contributed by atoms with van der Waals surface area (Å²) >= 11 is 0. The molecule has 0 amide bonds. The Morgan fingerprint density at radius 3 is 2.62 bits per heavy atom. The molecular weight excluding hydrogens is 200 g/mol. The Labute approximate surface area is 96.5 Å². The summed E-state index contributed by atoms with van der Waals surface area (Å²) in [5.41, 5.74) is 1.01. The number of rotatable bonds is 3. The van der Waals surface area contributed by atoms with Gasteiger partial charge in [-0.05, 0) is 37.8 Å². The number of Topliss-reactive ketones (excluding diaryl/α,β-unsaturated/α-hetero) is 1. The van der Waals surface area contributed by atoms with Crippen molar-refractivity contribution in [2.75, 3.05) is 18.0 Å². The van der Waals surface area contributed by atoms with E-state index in [1.807, 2.05) is 18.3 Å². The van der Waals surface area contributed by atoms with E-state index < -0.39 is 0 Å². The molecule has 1 fully saturated rings. The van der Waals surface area contributed by atoms with Gasteiger partial charge in [0.05, 0.1) is 0 Å². The number of hydrogen-bond donors (Lipinski definition) is 0. The predicted molar refractivity (Wildman–Crippen MR) is 64.7 cm³/mol. The summed E-state index contributed by atoms with van der Waals surface area (Å²) in [4.78, 5) is 17.7. The SMILES string of the molecule is CC(=O)Cc1ccc(N2CCCCC2)nc1. The molecule has 0 aromatic carbocycles. The van der Waals surface area contributed by atoms with E-state index in [2.05, 4.69) is 9.88 Å². The number of piperidine rings is 1. The molecule has 0 saturated carbocycles. The molecule has 1 aliphatic heterocycles. The van der Waals surface area contributed by atoms with Gasteiger partial charge in [0.2, 0.25) is 0 Å². The van der Waals surface area contributed by atoms with Crippen LogP contribution in [0.3, 0.4) is 0 Å². The van der Waals surface area contributed by atoms with E-state index >= 15 is 0 Å². The summed E-state index contributed by atoms with van der Waals surface area (Å²) in [5, 5.41) is 0. The maximum Gasteiger partial charge on any atom is 0.134 e. The zero-order chi connectivity index (χ0) is 11.4. The summed E-state index contributed by atoms with van der Waals surface area (Å²) in [6.45, 7) is 3.83. The number of ketones is 1. The number of anilines is 1. The van der Waals surface area contributed by atoms with E-state index in [0.29, 0.717) is 6.42 Å². The van der Waals surface area contributed by atoms with Gasteiger partial charge in [-0.1, -0.05) is 6.07 Å². The summed E-state index contributed by atoms with van der Waals surface area (Å²) in [5.74, 6) is 1.24. The van der Waals surface area contributed by atoms with E-state index in [9.17, 15) is 4.79 Å². The van der Waals surface area contributed by atoms with Crippen LogP contribution in [0.4, 0.5) is 5.82 Å². The van der Waals surface area contributed by atoms with E-state index in [1.165, 1.54) is 19.3 Å². The third kappa shape index (κ3) is 2.81. The Morgan fingerprint density at radius 1 is 1.31 bits per heavy atom. The van der Waals surface area contributed by atoms with Crippen LogP contribution in [0, 0.1) is 0 Å². The molecule has 3 nitrogen and oxygen atoms in total. The van der Waals surface area contributed by atoms with Gasteiger partial charge in [-0.25, -0.2) is 4.98 Å². The Balaban J connectivity index is 2.03. The fourth-order valence-corrected chi connectivity index (χ4v) is 2.12. The maximum atomic E-state index is 11.0. The molecule has 1 saturated heterocycles. The highest BCUT2D eigenvalue weighted by Crippen LogP contribution is 2.17. The second kappa shape index (κ2) is 5.10. The number of carbonyl (C=O) groups excluding carboxylic acids is 1. The Kier molecular flexibility index (Phi) is 3.54. The van der Waals surface area contributed by atoms with Gasteiger partial charge in [-0.3, -0.25) is 4.79 Å². The van der Waals surface area contributed by atoms with Crippen LogP contribution in [0.2, 0.25) is 0 Å². The molecule has 1 aliphatic rings. The van der Waals surface area contributed by atoms with Gasteiger partial charge < -0.3 is 4.90 Å². The van der Waals surface area contributed by atoms with Crippen molar-refractivity contribution in [3.63, 3.8) is 0 Å². The molecule has 1 aromatic rings. The number of aromatic nitrogens is 1. The highest BCUT2D eigenvalue weighted by Gasteiger charge is 2.11. The first-order valence-electron chi connectivity index (χ1n) is 5.95. The first kappa shape index (κ1) is 11.1. The molecule has 3 heteroatoms. The van der Waals surface area contributed by atoms with Crippen LogP contribution in [0.25, 0.3) is 0 Å². The smallest absolute Gasteiger partial charge is 0.134 e. The van der Waals surface area contributed by atoms with Gasteiger partial charge in [0, 0.05) is 25.7 Å². The average molecular weight is 218 g/mol. The molecule has 0 aliphatic carbocycles. The lowest BCUT2D eigenvalue weighted by Crippen LogP contribution is -2.30. The summed E-state index contributed by atoms with van der Waals surface area (Å²) in [6, 6.07) is 4.04. The molecule has 86 valence electrons. The average Bonchev–Trinajstić information content (AvgIpc) is 2.30. The first-order chi connectivity index (χ1) is 7.75. The molecule has 0 spiro atoms. The zero-order valence-corrected chi connectivity index (χ0v) is 9.78. The van der Waals surface area contributed by atoms with Crippen LogP contribution in [-0.2, 0) is 11.2 Å². The number of carbonyl (C=O) groups is 1. The summed E-state index contributed by atoms with van der Waals surface area (Å²) in [6.07, 6.45) is 6.17. The molecule has 0 atom stereocenters. The van der Waals surface area contributed by atoms with Gasteiger partial charge in [0.15, 0.2) is 0 Å². The molecule has 2 rings (SSSR count). The highest BCUT2D eigenvalue weighted by molar-refractivity contribution is 5.78. The second-order valence-corrected chi connectivity index (χ2v) is 4.45. The lowest BCUT2D eigenvalue weighted by molar-refractivity contribution is -0.116. The highest BCUT2D eigenvalue weighted by atomic mass is 16.1. The quantitative estimate of drug-likeness (QED) is 0.779. The lowest BCUT2D eigenvalue weighted by Gasteiger charge is -2.27. The van der Waals surface area contributed by atoms with Crippen LogP contribution < -0.4 is 4.90 Å². The van der Waals surface area contributed by atoms with Crippen molar-refractivity contribution in [1.29, 1.82) is 0 Å². The van der Waals surface area contributed by atoms with Gasteiger partial charge >= 0.3 is 0 Å². The monoisotopic (exact) mass is 218 g/mol. The Morgan fingerprint density at radius 2 is 2.06 bits per heavy atom. The normalized spacial score (nSPS) is 16.2. The second-order valence-electron chi connectivity index (χ2n) is 4.45. The van der Waals surface area contributed by atoms with E-state index in [-0.39, 0.29) is 5.78 Å². The number of hydrogen-bond acceptors (Lipinski definition) is 3. The van der Waals surface area contributed by atoms with Crippen molar-refractivity contribution >= 4 is 11.6 Å². The van der Waals surface area contributed by atoms with Crippen molar-refractivity contribution < 1.29 is 4.79 Å². The van der Waals surface area contributed by atoms with Gasteiger partial charge in [-0.15, -0.1) is 0 Å². The Bertz CT molecular complexity index is 353. The summed E-state index contributed by atoms with van der Waals surface area (Å²) in [7, 11) is 0. The van der Waals surface area contributed by atoms with Crippen molar-refractivity contribution in [2.45, 2.75) is 32.6 Å². The van der Waals surface area contributed by atoms with Crippen LogP contribution >= 0.6 is 0 Å². The standard InChI is InChI=1S/C13H18N2O/c1-11(16)9-12-5-6-13(14-10-12)15-7-3-2-4-8-15/h5-6,10H,2-4,7-9H2,1H3. The first-order valence-corrected chi connectivity index (χ1v) is 5.95. The molecule has 16 heavy (non-hydrogen) atoms. The van der Waals surface area contributed by atoms with Crippen LogP contribution in [0.15, 0.2) is 18.3 Å². The van der Waals surface area contributed by atoms with Crippen molar-refractivity contribution in [1.82, 2.24) is 4.98 Å². The topological polar surface area (TPSA) is 33.2 Å². The predicted octanol–water partition coefficient (Wildman–Crippen LogP) is 2.20. The van der Waals surface area contributed by atoms with E-state index in [1.54, 1.807) is 6.92 Å². The Hall–Kier alpha value is -1.38. The maximum absolute atomic E-state index is 11.0. The molecule has 0 bridgehead atoms. The fraction of sp³-hybridized carbons (Fsp3) is 0.538. The number of nitrogens with zero attached hydrogens (tertiary/aromatic N) is 2. The van der Waals surface area contributed by atoms with Crippen LogP contribution in [-0.4, -0.2) is 23.9 Å². The van der Waals surface area contributed by atoms with E-state index in [4.69, 9.17) is 0 Å². The molecule has 1 aromatic heterocycles. The van der Waals surface area contributed by atoms with Crippen LogP contribution in [0.1, 0.15) is 31.7 Å². The van der Waals surface area contributed by atoms with Crippen molar-refractivity contribution in [2.24, 2.45) is 0 Å². The fourth-order valence-electron chi connectivity index (χ4n) is 2.12. The molecule has 0 N–H and O–H groups in total. The summed E-state index contributed by atoms with van der Waals surface area (Å²) < 4.78 is 0.